The molecule has 1 aromatic rings. The van der Waals surface area contributed by atoms with Crippen LogP contribution in [0.3, 0.4) is 0 Å². The highest BCUT2D eigenvalue weighted by atomic mass is 32.1. The molecule has 74 valence electrons. The zero-order chi connectivity index (χ0) is 9.97. The minimum absolute atomic E-state index is 0.0116. The van der Waals surface area contributed by atoms with Crippen molar-refractivity contribution in [1.82, 2.24) is 4.90 Å². The molecule has 1 aliphatic rings. The quantitative estimate of drug-likeness (QED) is 0.744. The lowest BCUT2D eigenvalue weighted by molar-refractivity contribution is 0.295. The lowest BCUT2D eigenvalue weighted by atomic mass is 10.1. The third-order valence-corrected chi connectivity index (χ3v) is 3.57. The van der Waals surface area contributed by atoms with Crippen molar-refractivity contribution in [2.24, 2.45) is 0 Å². The average molecular weight is 206 g/mol. The maximum absolute atomic E-state index is 9.16. The van der Waals surface area contributed by atoms with Crippen molar-refractivity contribution in [2.45, 2.75) is 25.8 Å². The van der Waals surface area contributed by atoms with Crippen LogP contribution in [-0.4, -0.2) is 18.0 Å². The van der Waals surface area contributed by atoms with Gasteiger partial charge in [-0.1, -0.05) is 0 Å². The lowest BCUT2D eigenvalue weighted by Crippen LogP contribution is -2.23. The molecule has 14 heavy (non-hydrogen) atoms. The van der Waals surface area contributed by atoms with Crippen LogP contribution in [0.25, 0.3) is 0 Å². The van der Waals surface area contributed by atoms with Gasteiger partial charge >= 0.3 is 0 Å². The van der Waals surface area contributed by atoms with Gasteiger partial charge in [0, 0.05) is 4.88 Å². The number of likely N-dealkylation sites (tertiary alicyclic amines) is 1. The molecule has 1 aliphatic heterocycles. The van der Waals surface area contributed by atoms with Crippen LogP contribution >= 0.6 is 11.3 Å². The second-order valence-corrected chi connectivity index (χ2v) is 4.88. The van der Waals surface area contributed by atoms with E-state index in [9.17, 15) is 0 Å². The van der Waals surface area contributed by atoms with Crippen LogP contribution < -0.4 is 0 Å². The summed E-state index contributed by atoms with van der Waals surface area (Å²) in [6.07, 6.45) is 2.47. The van der Waals surface area contributed by atoms with Crippen LogP contribution in [0.4, 0.5) is 0 Å². The van der Waals surface area contributed by atoms with Crippen LogP contribution in [0.2, 0.25) is 0 Å². The largest absolute Gasteiger partial charge is 0.284 e. The van der Waals surface area contributed by atoms with Gasteiger partial charge < -0.3 is 0 Å². The molecule has 1 fully saturated rings. The van der Waals surface area contributed by atoms with Crippen molar-refractivity contribution < 1.29 is 0 Å². The molecule has 0 N–H and O–H groups in total. The molecule has 0 amide bonds. The maximum atomic E-state index is 9.16. The Bertz CT molecular complexity index is 344. The summed E-state index contributed by atoms with van der Waals surface area (Å²) in [5, 5.41) is 11.3. The van der Waals surface area contributed by atoms with E-state index in [0.29, 0.717) is 0 Å². The van der Waals surface area contributed by atoms with Gasteiger partial charge in [0.05, 0.1) is 6.07 Å². The van der Waals surface area contributed by atoms with Crippen LogP contribution in [0.5, 0.6) is 0 Å². The van der Waals surface area contributed by atoms with E-state index in [4.69, 9.17) is 5.26 Å². The molecule has 0 spiro atoms. The Morgan fingerprint density at radius 1 is 1.50 bits per heavy atom. The van der Waals surface area contributed by atoms with Crippen LogP contribution in [0.15, 0.2) is 11.4 Å². The molecule has 0 radical (unpaired) electrons. The summed E-state index contributed by atoms with van der Waals surface area (Å²) < 4.78 is 0. The number of nitriles is 1. The molecule has 1 saturated heterocycles. The summed E-state index contributed by atoms with van der Waals surface area (Å²) in [6, 6.07) is 4.53. The number of aryl methyl sites for hydroxylation is 1. The smallest absolute Gasteiger partial charge is 0.124 e. The first-order valence-corrected chi connectivity index (χ1v) is 5.88. The van der Waals surface area contributed by atoms with Gasteiger partial charge in [0.25, 0.3) is 0 Å². The molecule has 0 bridgehead atoms. The van der Waals surface area contributed by atoms with E-state index >= 15 is 0 Å². The van der Waals surface area contributed by atoms with Gasteiger partial charge in [0.15, 0.2) is 0 Å². The second kappa shape index (κ2) is 4.12. The fourth-order valence-corrected chi connectivity index (χ4v) is 2.70. The summed E-state index contributed by atoms with van der Waals surface area (Å²) in [5.41, 5.74) is 1.18. The second-order valence-electron chi connectivity index (χ2n) is 3.77. The molecule has 0 aromatic carbocycles. The number of thiophene rings is 1. The predicted molar refractivity (Wildman–Crippen MR) is 58.2 cm³/mol. The van der Waals surface area contributed by atoms with Gasteiger partial charge in [-0.25, -0.2) is 0 Å². The van der Waals surface area contributed by atoms with Crippen LogP contribution in [0, 0.1) is 18.3 Å². The first-order valence-electron chi connectivity index (χ1n) is 5.00. The third-order valence-electron chi connectivity index (χ3n) is 2.69. The first-order chi connectivity index (χ1) is 6.81. The summed E-state index contributed by atoms with van der Waals surface area (Å²) >= 11 is 1.73. The SMILES string of the molecule is Cc1cc(C(C#N)N2CCCC2)cs1. The van der Waals surface area contributed by atoms with Gasteiger partial charge in [0.1, 0.15) is 6.04 Å². The molecule has 0 saturated carbocycles. The highest BCUT2D eigenvalue weighted by Gasteiger charge is 2.23. The fourth-order valence-electron chi connectivity index (χ4n) is 1.97. The molecule has 1 unspecified atom stereocenters. The van der Waals surface area contributed by atoms with Gasteiger partial charge in [0.2, 0.25) is 0 Å². The van der Waals surface area contributed by atoms with E-state index in [2.05, 4.69) is 29.3 Å². The Kier molecular flexibility index (Phi) is 2.85. The van der Waals surface area contributed by atoms with Gasteiger partial charge in [-0.15, -0.1) is 11.3 Å². The van der Waals surface area contributed by atoms with Crippen molar-refractivity contribution in [3.63, 3.8) is 0 Å². The molecule has 1 atom stereocenters. The molecule has 2 heterocycles. The van der Waals surface area contributed by atoms with E-state index < -0.39 is 0 Å². The standard InChI is InChI=1S/C11H14N2S/c1-9-6-10(8-14-9)11(7-12)13-4-2-3-5-13/h6,8,11H,2-5H2,1H3. The topological polar surface area (TPSA) is 27.0 Å². The molecule has 2 nitrogen and oxygen atoms in total. The van der Waals surface area contributed by atoms with E-state index in [1.165, 1.54) is 23.3 Å². The first kappa shape index (κ1) is 9.70. The van der Waals surface area contributed by atoms with Crippen molar-refractivity contribution in [1.29, 1.82) is 5.26 Å². The highest BCUT2D eigenvalue weighted by Crippen LogP contribution is 2.27. The maximum Gasteiger partial charge on any atom is 0.124 e. The third kappa shape index (κ3) is 1.82. The summed E-state index contributed by atoms with van der Waals surface area (Å²) in [7, 11) is 0. The Morgan fingerprint density at radius 3 is 2.71 bits per heavy atom. The highest BCUT2D eigenvalue weighted by molar-refractivity contribution is 7.10. The Balaban J connectivity index is 2.17. The van der Waals surface area contributed by atoms with E-state index in [1.54, 1.807) is 11.3 Å². The van der Waals surface area contributed by atoms with Crippen molar-refractivity contribution in [2.75, 3.05) is 13.1 Å². The summed E-state index contributed by atoms with van der Waals surface area (Å²) in [4.78, 5) is 3.57. The number of rotatable bonds is 2. The predicted octanol–water partition coefficient (Wildman–Crippen LogP) is 2.72. The zero-order valence-electron chi connectivity index (χ0n) is 8.36. The number of nitrogens with zero attached hydrogens (tertiary/aromatic N) is 2. The summed E-state index contributed by atoms with van der Waals surface area (Å²) in [6.45, 7) is 4.24. The van der Waals surface area contributed by atoms with Crippen LogP contribution in [-0.2, 0) is 0 Å². The average Bonchev–Trinajstić information content (AvgIpc) is 2.79. The zero-order valence-corrected chi connectivity index (χ0v) is 9.18. The van der Waals surface area contributed by atoms with E-state index in [1.807, 2.05) is 0 Å². The van der Waals surface area contributed by atoms with Crippen LogP contribution in [0.1, 0.15) is 29.3 Å². The molecular formula is C11H14N2S. The van der Waals surface area contributed by atoms with Crippen molar-refractivity contribution in [3.05, 3.63) is 21.9 Å². The summed E-state index contributed by atoms with van der Waals surface area (Å²) in [5.74, 6) is 0. The minimum Gasteiger partial charge on any atom is -0.284 e. The normalized spacial score (nSPS) is 19.4. The molecule has 1 aromatic heterocycles. The van der Waals surface area contributed by atoms with Crippen molar-refractivity contribution >= 4 is 11.3 Å². The van der Waals surface area contributed by atoms with E-state index in [0.717, 1.165) is 13.1 Å². The monoisotopic (exact) mass is 206 g/mol. The molecule has 0 aliphatic carbocycles. The fraction of sp³-hybridized carbons (Fsp3) is 0.545. The van der Waals surface area contributed by atoms with Crippen molar-refractivity contribution in [3.8, 4) is 6.07 Å². The number of hydrogen-bond acceptors (Lipinski definition) is 3. The minimum atomic E-state index is -0.0116. The Hall–Kier alpha value is -0.850. The van der Waals surface area contributed by atoms with Gasteiger partial charge in [-0.2, -0.15) is 5.26 Å². The van der Waals surface area contributed by atoms with E-state index in [-0.39, 0.29) is 6.04 Å². The molecule has 2 rings (SSSR count). The Morgan fingerprint density at radius 2 is 2.21 bits per heavy atom. The lowest BCUT2D eigenvalue weighted by Gasteiger charge is -2.19. The molecule has 3 heteroatoms. The van der Waals surface area contributed by atoms with Gasteiger partial charge in [-0.05, 0) is 49.9 Å². The number of hydrogen-bond donors (Lipinski definition) is 0. The molecular weight excluding hydrogens is 192 g/mol. The Labute approximate surface area is 88.8 Å². The van der Waals surface area contributed by atoms with Gasteiger partial charge in [-0.3, -0.25) is 4.90 Å².